The van der Waals surface area contributed by atoms with E-state index in [2.05, 4.69) is 61.3 Å². The van der Waals surface area contributed by atoms with Crippen LogP contribution in [0.1, 0.15) is 36.4 Å². The van der Waals surface area contributed by atoms with Crippen LogP contribution < -0.4 is 0 Å². The highest BCUT2D eigenvalue weighted by Crippen LogP contribution is 2.49. The number of benzene rings is 2. The van der Waals surface area contributed by atoms with Crippen LogP contribution in [0.25, 0.3) is 33.4 Å². The van der Waals surface area contributed by atoms with Gasteiger partial charge >= 0.3 is 0 Å². The summed E-state index contributed by atoms with van der Waals surface area (Å²) in [6.07, 6.45) is 1.83. The fraction of sp³-hybridized carbons (Fsp3) is 0.208. The normalized spacial score (nSPS) is 14.2. The first-order valence-corrected chi connectivity index (χ1v) is 9.31. The maximum Gasteiger partial charge on any atom is 0.115 e. The average molecular weight is 351 g/mol. The van der Waals surface area contributed by atoms with Gasteiger partial charge in [0.15, 0.2) is 0 Å². The Balaban J connectivity index is 1.75. The number of rotatable bonds is 1. The number of hydrogen-bond donors (Lipinski definition) is 0. The molecule has 0 amide bonds. The molecule has 1 aliphatic rings. The molecule has 2 heterocycles. The van der Waals surface area contributed by atoms with Crippen LogP contribution in [0.5, 0.6) is 0 Å². The predicted octanol–water partition coefficient (Wildman–Crippen LogP) is 5.61. The topological polar surface area (TPSA) is 38.7 Å². The quantitative estimate of drug-likeness (QED) is 0.447. The molecule has 0 fully saturated rings. The lowest BCUT2D eigenvalue weighted by molar-refractivity contribution is 0.660. The van der Waals surface area contributed by atoms with Gasteiger partial charge in [-0.1, -0.05) is 50.2 Å². The summed E-state index contributed by atoms with van der Waals surface area (Å²) in [6, 6.07) is 17.3. The number of aromatic nitrogens is 3. The number of hydrogen-bond acceptors (Lipinski definition) is 3. The third kappa shape index (κ3) is 2.24. The number of nitrogens with zero attached hydrogens (tertiary/aromatic N) is 3. The van der Waals surface area contributed by atoms with E-state index in [9.17, 15) is 0 Å². The smallest absolute Gasteiger partial charge is 0.115 e. The van der Waals surface area contributed by atoms with E-state index in [-0.39, 0.29) is 5.41 Å². The highest BCUT2D eigenvalue weighted by atomic mass is 14.9. The Morgan fingerprint density at radius 3 is 2.37 bits per heavy atom. The highest BCUT2D eigenvalue weighted by molar-refractivity contribution is 5.91. The van der Waals surface area contributed by atoms with Crippen molar-refractivity contribution in [2.75, 3.05) is 0 Å². The summed E-state index contributed by atoms with van der Waals surface area (Å²) < 4.78 is 0. The molecule has 4 aromatic rings. The van der Waals surface area contributed by atoms with Crippen molar-refractivity contribution in [2.24, 2.45) is 0 Å². The van der Waals surface area contributed by atoms with Crippen molar-refractivity contribution in [1.82, 2.24) is 15.0 Å². The van der Waals surface area contributed by atoms with Crippen LogP contribution in [0.3, 0.4) is 0 Å². The first-order valence-electron chi connectivity index (χ1n) is 9.31. The molecule has 0 unspecified atom stereocenters. The maximum absolute atomic E-state index is 4.80. The van der Waals surface area contributed by atoms with Gasteiger partial charge in [0.2, 0.25) is 0 Å². The molecule has 3 heteroatoms. The van der Waals surface area contributed by atoms with Gasteiger partial charge in [-0.2, -0.15) is 0 Å². The van der Waals surface area contributed by atoms with Gasteiger partial charge in [0.05, 0.1) is 22.6 Å². The van der Waals surface area contributed by atoms with Crippen LogP contribution in [-0.2, 0) is 5.41 Å². The summed E-state index contributed by atoms with van der Waals surface area (Å²) in [5, 5.41) is 0. The summed E-state index contributed by atoms with van der Waals surface area (Å²) >= 11 is 0. The number of aryl methyl sites for hydroxylation is 2. The summed E-state index contributed by atoms with van der Waals surface area (Å²) in [6.45, 7) is 8.59. The van der Waals surface area contributed by atoms with Crippen molar-refractivity contribution in [2.45, 2.75) is 33.1 Å². The van der Waals surface area contributed by atoms with Crippen molar-refractivity contribution < 1.29 is 0 Å². The number of fused-ring (bicyclic) bond motifs is 4. The van der Waals surface area contributed by atoms with Gasteiger partial charge in [0.1, 0.15) is 5.52 Å². The van der Waals surface area contributed by atoms with Crippen molar-refractivity contribution in [3.05, 3.63) is 77.2 Å². The number of pyridine rings is 1. The van der Waals surface area contributed by atoms with Gasteiger partial charge in [0, 0.05) is 17.2 Å². The first-order chi connectivity index (χ1) is 13.0. The maximum atomic E-state index is 4.80. The third-order valence-electron chi connectivity index (χ3n) is 5.85. The summed E-state index contributed by atoms with van der Waals surface area (Å²) in [5.41, 5.74) is 11.0. The van der Waals surface area contributed by atoms with E-state index in [0.29, 0.717) is 0 Å². The van der Waals surface area contributed by atoms with Crippen molar-refractivity contribution in [3.8, 4) is 22.4 Å². The summed E-state index contributed by atoms with van der Waals surface area (Å²) in [4.78, 5) is 14.2. The Kier molecular flexibility index (Phi) is 3.26. The largest absolute Gasteiger partial charge is 0.254 e. The van der Waals surface area contributed by atoms with E-state index < -0.39 is 0 Å². The Morgan fingerprint density at radius 2 is 1.52 bits per heavy atom. The van der Waals surface area contributed by atoms with Crippen LogP contribution >= 0.6 is 0 Å². The lowest BCUT2D eigenvalue weighted by atomic mass is 9.82. The lowest BCUT2D eigenvalue weighted by Crippen LogP contribution is -2.14. The van der Waals surface area contributed by atoms with Gasteiger partial charge < -0.3 is 0 Å². The van der Waals surface area contributed by atoms with E-state index in [4.69, 9.17) is 9.97 Å². The van der Waals surface area contributed by atoms with Crippen LogP contribution in [0.15, 0.2) is 54.7 Å². The Hall–Kier alpha value is -3.07. The standard InChI is InChI=1S/C24H21N3/c1-14-15(2)27-23-21(26-14)11-12-25-22(23)16-9-10-18-17-7-5-6-8-19(17)24(3,4)20(18)13-16/h5-13H,1-4H3. The molecule has 2 aromatic carbocycles. The molecule has 0 saturated carbocycles. The minimum atomic E-state index is -0.0231. The molecule has 132 valence electrons. The SMILES string of the molecule is Cc1nc2ccnc(-c3ccc4c(c3)C(C)(C)c3ccccc3-4)c2nc1C. The fourth-order valence-corrected chi connectivity index (χ4v) is 4.22. The molecule has 3 nitrogen and oxygen atoms in total. The van der Waals surface area contributed by atoms with Crippen molar-refractivity contribution >= 4 is 11.0 Å². The zero-order valence-corrected chi connectivity index (χ0v) is 16.0. The minimum Gasteiger partial charge on any atom is -0.254 e. The van der Waals surface area contributed by atoms with Gasteiger partial charge in [-0.3, -0.25) is 4.98 Å². The van der Waals surface area contributed by atoms with Gasteiger partial charge in [-0.15, -0.1) is 0 Å². The molecule has 1 aliphatic carbocycles. The van der Waals surface area contributed by atoms with Gasteiger partial charge in [-0.25, -0.2) is 9.97 Å². The molecule has 0 aliphatic heterocycles. The zero-order valence-electron chi connectivity index (χ0n) is 16.0. The van der Waals surface area contributed by atoms with Crippen molar-refractivity contribution in [1.29, 1.82) is 0 Å². The van der Waals surface area contributed by atoms with E-state index in [0.717, 1.165) is 33.7 Å². The van der Waals surface area contributed by atoms with Crippen LogP contribution in [0, 0.1) is 13.8 Å². The molecule has 0 atom stereocenters. The first kappa shape index (κ1) is 16.1. The third-order valence-corrected chi connectivity index (χ3v) is 5.85. The zero-order chi connectivity index (χ0) is 18.8. The van der Waals surface area contributed by atoms with E-state index >= 15 is 0 Å². The predicted molar refractivity (Wildman–Crippen MR) is 110 cm³/mol. The highest BCUT2D eigenvalue weighted by Gasteiger charge is 2.35. The minimum absolute atomic E-state index is 0.0231. The van der Waals surface area contributed by atoms with Crippen LogP contribution in [0.2, 0.25) is 0 Å². The van der Waals surface area contributed by atoms with Gasteiger partial charge in [0.25, 0.3) is 0 Å². The molecule has 27 heavy (non-hydrogen) atoms. The molecule has 0 spiro atoms. The van der Waals surface area contributed by atoms with E-state index in [1.54, 1.807) is 0 Å². The second-order valence-electron chi connectivity index (χ2n) is 7.85. The molecule has 0 saturated heterocycles. The molecular weight excluding hydrogens is 330 g/mol. The van der Waals surface area contributed by atoms with Crippen LogP contribution in [0.4, 0.5) is 0 Å². The molecular formula is C24H21N3. The fourth-order valence-electron chi connectivity index (χ4n) is 4.22. The summed E-state index contributed by atoms with van der Waals surface area (Å²) in [5.74, 6) is 0. The Bertz CT molecular complexity index is 1220. The monoisotopic (exact) mass is 351 g/mol. The van der Waals surface area contributed by atoms with Crippen LogP contribution in [-0.4, -0.2) is 15.0 Å². The van der Waals surface area contributed by atoms with E-state index in [1.165, 1.54) is 22.3 Å². The van der Waals surface area contributed by atoms with E-state index in [1.807, 2.05) is 26.1 Å². The Labute approximate surface area is 159 Å². The lowest BCUT2D eigenvalue weighted by Gasteiger charge is -2.22. The second-order valence-corrected chi connectivity index (χ2v) is 7.85. The molecule has 0 N–H and O–H groups in total. The molecule has 2 aromatic heterocycles. The Morgan fingerprint density at radius 1 is 0.778 bits per heavy atom. The second kappa shape index (κ2) is 5.46. The molecule has 5 rings (SSSR count). The summed E-state index contributed by atoms with van der Waals surface area (Å²) in [7, 11) is 0. The van der Waals surface area contributed by atoms with Gasteiger partial charge in [-0.05, 0) is 48.2 Å². The average Bonchev–Trinajstić information content (AvgIpc) is 2.90. The van der Waals surface area contributed by atoms with Crippen molar-refractivity contribution in [3.63, 3.8) is 0 Å². The molecule has 0 radical (unpaired) electrons. The molecule has 0 bridgehead atoms.